The zero-order valence-corrected chi connectivity index (χ0v) is 5.57. The highest BCUT2D eigenvalue weighted by Gasteiger charge is 2.05. The van der Waals surface area contributed by atoms with Crippen LogP contribution in [-0.4, -0.2) is 13.1 Å². The molecule has 0 saturated carbocycles. The molecular formula is C7H10N2. The molecule has 1 N–H and O–H groups in total. The van der Waals surface area contributed by atoms with Crippen LogP contribution in [0.2, 0.25) is 0 Å². The molecule has 0 atom stereocenters. The molecule has 0 aromatic carbocycles. The minimum absolute atomic E-state index is 0.766. The van der Waals surface area contributed by atoms with Gasteiger partial charge in [-0.05, 0) is 19.9 Å². The highest BCUT2D eigenvalue weighted by Crippen LogP contribution is 2.09. The van der Waals surface area contributed by atoms with E-state index < -0.39 is 0 Å². The molecule has 48 valence electrons. The molecule has 0 amide bonds. The van der Waals surface area contributed by atoms with Gasteiger partial charge in [0.1, 0.15) is 0 Å². The molecule has 1 aliphatic heterocycles. The van der Waals surface area contributed by atoms with Crippen molar-refractivity contribution in [1.29, 1.82) is 5.26 Å². The molecule has 0 aliphatic carbocycles. The minimum atomic E-state index is 0.766. The molecule has 1 rings (SSSR count). The largest absolute Gasteiger partial charge is 0.312 e. The molecule has 9 heavy (non-hydrogen) atoms. The second-order valence-corrected chi connectivity index (χ2v) is 2.30. The lowest BCUT2D eigenvalue weighted by atomic mass is 10.0. The fourth-order valence-electron chi connectivity index (χ4n) is 0.926. The van der Waals surface area contributed by atoms with Crippen LogP contribution in [0.5, 0.6) is 0 Å². The van der Waals surface area contributed by atoms with Crippen LogP contribution < -0.4 is 5.32 Å². The quantitative estimate of drug-likeness (QED) is 0.516. The van der Waals surface area contributed by atoms with E-state index in [1.165, 1.54) is 5.57 Å². The van der Waals surface area contributed by atoms with Gasteiger partial charge < -0.3 is 5.32 Å². The Morgan fingerprint density at radius 2 is 2.44 bits per heavy atom. The van der Waals surface area contributed by atoms with Crippen molar-refractivity contribution in [1.82, 2.24) is 5.32 Å². The fourth-order valence-corrected chi connectivity index (χ4v) is 0.926. The third kappa shape index (κ3) is 1.30. The standard InChI is InChI=1S/C7H10N2/c1-6-2-3-9-5-7(6)4-8/h9H,2-3,5H2,1H3. The zero-order chi connectivity index (χ0) is 6.69. The van der Waals surface area contributed by atoms with Gasteiger partial charge in [-0.1, -0.05) is 5.57 Å². The minimum Gasteiger partial charge on any atom is -0.312 e. The summed E-state index contributed by atoms with van der Waals surface area (Å²) < 4.78 is 0. The first-order valence-electron chi connectivity index (χ1n) is 3.14. The molecular weight excluding hydrogens is 112 g/mol. The Morgan fingerprint density at radius 1 is 1.67 bits per heavy atom. The lowest BCUT2D eigenvalue weighted by Crippen LogP contribution is -2.23. The summed E-state index contributed by atoms with van der Waals surface area (Å²) in [7, 11) is 0. The van der Waals surface area contributed by atoms with Crippen LogP contribution >= 0.6 is 0 Å². The Labute approximate surface area is 55.2 Å². The Hall–Kier alpha value is -0.810. The van der Waals surface area contributed by atoms with Crippen molar-refractivity contribution in [3.05, 3.63) is 11.1 Å². The van der Waals surface area contributed by atoms with Crippen molar-refractivity contribution in [3.63, 3.8) is 0 Å². The summed E-state index contributed by atoms with van der Waals surface area (Å²) in [5.41, 5.74) is 2.16. The molecule has 0 spiro atoms. The van der Waals surface area contributed by atoms with Crippen LogP contribution in [0.1, 0.15) is 13.3 Å². The molecule has 0 radical (unpaired) electrons. The normalized spacial score (nSPS) is 19.6. The van der Waals surface area contributed by atoms with Gasteiger partial charge in [-0.2, -0.15) is 5.26 Å². The van der Waals surface area contributed by atoms with E-state index in [0.717, 1.165) is 25.1 Å². The van der Waals surface area contributed by atoms with Gasteiger partial charge in [0.25, 0.3) is 0 Å². The maximum absolute atomic E-state index is 8.51. The maximum Gasteiger partial charge on any atom is 0.0960 e. The average Bonchev–Trinajstić information content (AvgIpc) is 1.89. The fraction of sp³-hybridized carbons (Fsp3) is 0.571. The van der Waals surface area contributed by atoms with Gasteiger partial charge in [0.15, 0.2) is 0 Å². The summed E-state index contributed by atoms with van der Waals surface area (Å²) in [5.74, 6) is 0. The Balaban J connectivity index is 2.74. The van der Waals surface area contributed by atoms with Crippen LogP contribution in [0.25, 0.3) is 0 Å². The maximum atomic E-state index is 8.51. The van der Waals surface area contributed by atoms with E-state index in [9.17, 15) is 0 Å². The number of rotatable bonds is 0. The van der Waals surface area contributed by atoms with Crippen molar-refractivity contribution in [3.8, 4) is 6.07 Å². The first kappa shape index (κ1) is 6.31. The molecule has 0 aromatic rings. The summed E-state index contributed by atoms with van der Waals surface area (Å²) in [5, 5.41) is 11.6. The first-order chi connectivity index (χ1) is 4.34. The highest BCUT2D eigenvalue weighted by molar-refractivity contribution is 5.29. The van der Waals surface area contributed by atoms with Gasteiger partial charge >= 0.3 is 0 Å². The molecule has 2 nitrogen and oxygen atoms in total. The molecule has 0 aromatic heterocycles. The summed E-state index contributed by atoms with van der Waals surface area (Å²) in [6.45, 7) is 3.82. The Kier molecular flexibility index (Phi) is 1.86. The number of hydrogen-bond donors (Lipinski definition) is 1. The van der Waals surface area contributed by atoms with Gasteiger partial charge in [0, 0.05) is 12.1 Å². The molecule has 0 unspecified atom stereocenters. The van der Waals surface area contributed by atoms with E-state index in [4.69, 9.17) is 5.26 Å². The van der Waals surface area contributed by atoms with Gasteiger partial charge in [0.05, 0.1) is 6.07 Å². The van der Waals surface area contributed by atoms with Crippen LogP contribution in [0, 0.1) is 11.3 Å². The number of nitrogens with one attached hydrogen (secondary N) is 1. The Bertz CT molecular complexity index is 174. The molecule has 0 bridgehead atoms. The lowest BCUT2D eigenvalue weighted by molar-refractivity contribution is 0.688. The Morgan fingerprint density at radius 3 is 2.89 bits per heavy atom. The first-order valence-corrected chi connectivity index (χ1v) is 3.14. The predicted octanol–water partition coefficient (Wildman–Crippen LogP) is 0.820. The summed E-state index contributed by atoms with van der Waals surface area (Å²) in [6.07, 6.45) is 1.03. The second kappa shape index (κ2) is 2.65. The van der Waals surface area contributed by atoms with E-state index in [0.29, 0.717) is 0 Å². The van der Waals surface area contributed by atoms with Gasteiger partial charge in [0.2, 0.25) is 0 Å². The van der Waals surface area contributed by atoms with Crippen molar-refractivity contribution >= 4 is 0 Å². The lowest BCUT2D eigenvalue weighted by Gasteiger charge is -2.12. The molecule has 0 fully saturated rings. The van der Waals surface area contributed by atoms with E-state index in [1.54, 1.807) is 0 Å². The summed E-state index contributed by atoms with van der Waals surface area (Å²) in [6, 6.07) is 2.17. The van der Waals surface area contributed by atoms with Crippen molar-refractivity contribution in [2.45, 2.75) is 13.3 Å². The van der Waals surface area contributed by atoms with E-state index in [1.807, 2.05) is 6.92 Å². The monoisotopic (exact) mass is 122 g/mol. The number of nitrogens with zero attached hydrogens (tertiary/aromatic N) is 1. The summed E-state index contributed by atoms with van der Waals surface area (Å²) >= 11 is 0. The van der Waals surface area contributed by atoms with E-state index >= 15 is 0 Å². The average molecular weight is 122 g/mol. The third-order valence-corrected chi connectivity index (χ3v) is 1.63. The van der Waals surface area contributed by atoms with Gasteiger partial charge in [-0.25, -0.2) is 0 Å². The predicted molar refractivity (Wildman–Crippen MR) is 35.8 cm³/mol. The molecule has 1 heterocycles. The van der Waals surface area contributed by atoms with Gasteiger partial charge in [-0.3, -0.25) is 0 Å². The van der Waals surface area contributed by atoms with Crippen LogP contribution in [-0.2, 0) is 0 Å². The van der Waals surface area contributed by atoms with Crippen LogP contribution in [0.15, 0.2) is 11.1 Å². The van der Waals surface area contributed by atoms with Gasteiger partial charge in [-0.15, -0.1) is 0 Å². The SMILES string of the molecule is CC1=C(C#N)CNCC1. The van der Waals surface area contributed by atoms with Crippen molar-refractivity contribution in [2.24, 2.45) is 0 Å². The molecule has 2 heteroatoms. The van der Waals surface area contributed by atoms with Crippen molar-refractivity contribution < 1.29 is 0 Å². The number of hydrogen-bond acceptors (Lipinski definition) is 2. The highest BCUT2D eigenvalue weighted by atomic mass is 14.9. The van der Waals surface area contributed by atoms with E-state index in [-0.39, 0.29) is 0 Å². The zero-order valence-electron chi connectivity index (χ0n) is 5.57. The third-order valence-electron chi connectivity index (χ3n) is 1.63. The topological polar surface area (TPSA) is 35.8 Å². The van der Waals surface area contributed by atoms with Crippen LogP contribution in [0.4, 0.5) is 0 Å². The van der Waals surface area contributed by atoms with Crippen LogP contribution in [0.3, 0.4) is 0 Å². The summed E-state index contributed by atoms with van der Waals surface area (Å²) in [4.78, 5) is 0. The molecule has 1 aliphatic rings. The second-order valence-electron chi connectivity index (χ2n) is 2.30. The smallest absolute Gasteiger partial charge is 0.0960 e. The molecule has 0 saturated heterocycles. The number of nitriles is 1. The van der Waals surface area contributed by atoms with Crippen molar-refractivity contribution in [2.75, 3.05) is 13.1 Å². The van der Waals surface area contributed by atoms with E-state index in [2.05, 4.69) is 11.4 Å².